The number of benzene rings is 4. The van der Waals surface area contributed by atoms with Crippen molar-refractivity contribution in [3.8, 4) is 17.2 Å². The molecule has 47 heavy (non-hydrogen) atoms. The van der Waals surface area contributed by atoms with E-state index in [2.05, 4.69) is 0 Å². The summed E-state index contributed by atoms with van der Waals surface area (Å²) in [6, 6.07) is 33.3. The highest BCUT2D eigenvalue weighted by atomic mass is 16.5. The first-order chi connectivity index (χ1) is 23.0. The number of methoxy groups -OCH3 is 2. The van der Waals surface area contributed by atoms with E-state index >= 15 is 0 Å². The highest BCUT2D eigenvalue weighted by Gasteiger charge is 2.45. The first-order valence-electron chi connectivity index (χ1n) is 16.0. The average molecular weight is 630 g/mol. The summed E-state index contributed by atoms with van der Waals surface area (Å²) in [5.74, 6) is -0.0346. The fourth-order valence-electron chi connectivity index (χ4n) is 6.65. The Morgan fingerprint density at radius 1 is 0.787 bits per heavy atom. The summed E-state index contributed by atoms with van der Waals surface area (Å²) in [7, 11) is 3.20. The molecule has 0 aromatic heterocycles. The van der Waals surface area contributed by atoms with Crippen molar-refractivity contribution in [1.82, 2.24) is 0 Å². The van der Waals surface area contributed by atoms with Gasteiger partial charge in [-0.15, -0.1) is 0 Å². The normalized spacial score (nSPS) is 19.0. The van der Waals surface area contributed by atoms with Crippen molar-refractivity contribution in [2.75, 3.05) is 20.8 Å². The quantitative estimate of drug-likeness (QED) is 0.159. The maximum Gasteiger partial charge on any atom is 0.315 e. The summed E-state index contributed by atoms with van der Waals surface area (Å²) in [6.45, 7) is 2.44. The fraction of sp³-hybridized carbons (Fsp3) is 0.275. The Hall–Kier alpha value is -5.17. The number of esters is 1. The van der Waals surface area contributed by atoms with Gasteiger partial charge in [0, 0.05) is 41.3 Å². The molecule has 0 saturated carbocycles. The topological polar surface area (TPSA) is 83.4 Å². The molecule has 1 heterocycles. The second kappa shape index (κ2) is 14.5. The largest absolute Gasteiger partial charge is 0.493 e. The molecule has 6 rings (SSSR count). The second-order valence-electron chi connectivity index (χ2n) is 11.9. The summed E-state index contributed by atoms with van der Waals surface area (Å²) in [4.78, 5) is 33.2. The second-order valence-corrected chi connectivity index (χ2v) is 11.9. The molecule has 0 radical (unpaired) electrons. The molecule has 240 valence electrons. The number of ketones is 1. The molecule has 4 aromatic carbocycles. The zero-order valence-corrected chi connectivity index (χ0v) is 27.0. The molecule has 0 spiro atoms. The summed E-state index contributed by atoms with van der Waals surface area (Å²) in [5.41, 5.74) is 5.74. The first kappa shape index (κ1) is 31.8. The summed E-state index contributed by atoms with van der Waals surface area (Å²) in [6.07, 6.45) is 1.42. The first-order valence-corrected chi connectivity index (χ1v) is 16.0. The molecular weight excluding hydrogens is 590 g/mol. The van der Waals surface area contributed by atoms with Crippen LogP contribution in [0.3, 0.4) is 0 Å². The Balaban J connectivity index is 1.35. The van der Waals surface area contributed by atoms with Gasteiger partial charge in [0.05, 0.1) is 20.8 Å². The Bertz CT molecular complexity index is 1800. The van der Waals surface area contributed by atoms with E-state index in [1.807, 2.05) is 110 Å². The van der Waals surface area contributed by atoms with Gasteiger partial charge in [0.2, 0.25) is 0 Å². The van der Waals surface area contributed by atoms with Gasteiger partial charge in [0.15, 0.2) is 17.3 Å². The summed E-state index contributed by atoms with van der Waals surface area (Å²) in [5, 5.41) is 0. The van der Waals surface area contributed by atoms with Crippen LogP contribution in [0.1, 0.15) is 53.9 Å². The maximum absolute atomic E-state index is 14.3. The van der Waals surface area contributed by atoms with Gasteiger partial charge in [-0.1, -0.05) is 84.9 Å². The minimum atomic E-state index is -0.771. The minimum absolute atomic E-state index is 0.0350. The third-order valence-electron chi connectivity index (χ3n) is 8.99. The van der Waals surface area contributed by atoms with Crippen LogP contribution in [0.5, 0.6) is 17.2 Å². The van der Waals surface area contributed by atoms with Gasteiger partial charge in [-0.25, -0.2) is 0 Å². The molecule has 0 bridgehead atoms. The number of rotatable bonds is 11. The van der Waals surface area contributed by atoms with Crippen LogP contribution < -0.4 is 14.2 Å². The number of aliphatic imine (C=N–C) groups is 1. The van der Waals surface area contributed by atoms with Crippen molar-refractivity contribution in [2.45, 2.75) is 44.6 Å². The van der Waals surface area contributed by atoms with E-state index in [4.69, 9.17) is 23.9 Å². The van der Waals surface area contributed by atoms with Gasteiger partial charge in [0.1, 0.15) is 18.3 Å². The molecule has 4 aromatic rings. The lowest BCUT2D eigenvalue weighted by molar-refractivity contribution is -0.146. The van der Waals surface area contributed by atoms with Gasteiger partial charge < -0.3 is 18.9 Å². The van der Waals surface area contributed by atoms with E-state index in [0.29, 0.717) is 53.7 Å². The van der Waals surface area contributed by atoms with Crippen LogP contribution in [0.4, 0.5) is 0 Å². The third-order valence-corrected chi connectivity index (χ3v) is 8.99. The Labute approximate surface area is 275 Å². The van der Waals surface area contributed by atoms with Crippen molar-refractivity contribution < 1.29 is 28.5 Å². The molecule has 0 N–H and O–H groups in total. The standard InChI is InChI=1S/C40H39NO6/c1-26-37(40(43)46-21-20-27-12-6-4-7-13-27)38(31-16-10-11-17-34(31)47-25-28-14-8-5-9-15-28)39-32(41-26)22-30(23-33(39)42)29-18-19-35(44-2)36(24-29)45-3/h4-19,24,30,37-38H,20-23,25H2,1-3H3/t30-,37?,38-/m0/s1. The van der Waals surface area contributed by atoms with Crippen LogP contribution in [0.15, 0.2) is 119 Å². The number of ether oxygens (including phenoxy) is 4. The number of para-hydroxylation sites is 1. The Kier molecular flexibility index (Phi) is 9.81. The molecule has 2 aliphatic rings. The summed E-state index contributed by atoms with van der Waals surface area (Å²) >= 11 is 0. The van der Waals surface area contributed by atoms with Gasteiger partial charge >= 0.3 is 5.97 Å². The number of allylic oxidation sites excluding steroid dienone is 2. The SMILES string of the molecule is COc1ccc([C@@H]2CC(=O)C3=C(C2)N=C(C)C(C(=O)OCCc2ccccc2)[C@@H]3c2ccccc2OCc2ccccc2)cc1OC. The predicted octanol–water partition coefficient (Wildman–Crippen LogP) is 7.64. The zero-order chi connectivity index (χ0) is 32.8. The highest BCUT2D eigenvalue weighted by Crippen LogP contribution is 2.49. The van der Waals surface area contributed by atoms with Gasteiger partial charge in [-0.3, -0.25) is 14.6 Å². The lowest BCUT2D eigenvalue weighted by atomic mass is 9.69. The van der Waals surface area contributed by atoms with Crippen molar-refractivity contribution in [3.05, 3.63) is 137 Å². The molecular formula is C40H39NO6. The number of carbonyl (C=O) groups is 2. The van der Waals surface area contributed by atoms with Crippen molar-refractivity contribution in [2.24, 2.45) is 10.9 Å². The number of hydrogen-bond acceptors (Lipinski definition) is 7. The van der Waals surface area contributed by atoms with Crippen molar-refractivity contribution in [1.29, 1.82) is 0 Å². The Morgan fingerprint density at radius 3 is 2.19 bits per heavy atom. The van der Waals surface area contributed by atoms with Crippen LogP contribution in [0, 0.1) is 5.92 Å². The van der Waals surface area contributed by atoms with Crippen molar-refractivity contribution >= 4 is 17.5 Å². The number of hydrogen-bond donors (Lipinski definition) is 0. The Morgan fingerprint density at radius 2 is 1.47 bits per heavy atom. The molecule has 7 nitrogen and oxygen atoms in total. The van der Waals surface area contributed by atoms with E-state index in [1.54, 1.807) is 14.2 Å². The molecule has 0 amide bonds. The molecule has 1 aliphatic carbocycles. The van der Waals surface area contributed by atoms with Gasteiger partial charge in [-0.2, -0.15) is 0 Å². The van der Waals surface area contributed by atoms with E-state index in [9.17, 15) is 9.59 Å². The molecule has 1 unspecified atom stereocenters. The van der Waals surface area contributed by atoms with Crippen LogP contribution >= 0.6 is 0 Å². The molecule has 3 atom stereocenters. The fourth-order valence-corrected chi connectivity index (χ4v) is 6.65. The van der Waals surface area contributed by atoms with Crippen LogP contribution in [-0.2, 0) is 27.4 Å². The van der Waals surface area contributed by atoms with E-state index in [0.717, 1.165) is 22.3 Å². The lowest BCUT2D eigenvalue weighted by Crippen LogP contribution is -2.38. The molecule has 0 saturated heterocycles. The molecule has 7 heteroatoms. The number of nitrogens with zero attached hydrogens (tertiary/aromatic N) is 1. The minimum Gasteiger partial charge on any atom is -0.493 e. The van der Waals surface area contributed by atoms with E-state index in [1.165, 1.54) is 0 Å². The van der Waals surface area contributed by atoms with Gasteiger partial charge in [0.25, 0.3) is 0 Å². The maximum atomic E-state index is 14.3. The predicted molar refractivity (Wildman–Crippen MR) is 181 cm³/mol. The van der Waals surface area contributed by atoms with Crippen LogP contribution in [0.2, 0.25) is 0 Å². The smallest absolute Gasteiger partial charge is 0.315 e. The number of Topliss-reactive ketones (excluding diaryl/α,β-unsaturated/α-hetero) is 1. The highest BCUT2D eigenvalue weighted by molar-refractivity contribution is 6.09. The zero-order valence-electron chi connectivity index (χ0n) is 27.0. The van der Waals surface area contributed by atoms with Crippen LogP contribution in [-0.4, -0.2) is 38.3 Å². The van der Waals surface area contributed by atoms with E-state index in [-0.39, 0.29) is 24.7 Å². The average Bonchev–Trinajstić information content (AvgIpc) is 3.10. The monoisotopic (exact) mass is 629 g/mol. The van der Waals surface area contributed by atoms with E-state index < -0.39 is 17.8 Å². The third kappa shape index (κ3) is 6.99. The lowest BCUT2D eigenvalue weighted by Gasteiger charge is -2.37. The van der Waals surface area contributed by atoms with Crippen molar-refractivity contribution in [3.63, 3.8) is 0 Å². The number of carbonyl (C=O) groups excluding carboxylic acids is 2. The molecule has 0 fully saturated rings. The van der Waals surface area contributed by atoms with Gasteiger partial charge in [-0.05, 0) is 54.2 Å². The molecule has 1 aliphatic heterocycles. The summed E-state index contributed by atoms with van der Waals surface area (Å²) < 4.78 is 23.3. The van der Waals surface area contributed by atoms with Crippen LogP contribution in [0.25, 0.3) is 0 Å².